The van der Waals surface area contributed by atoms with Crippen molar-refractivity contribution in [1.82, 2.24) is 15.1 Å². The number of anilines is 2. The molecule has 33 heavy (non-hydrogen) atoms. The number of nitrogens with one attached hydrogen (secondary N) is 2. The van der Waals surface area contributed by atoms with Crippen molar-refractivity contribution in [3.05, 3.63) is 77.1 Å². The third kappa shape index (κ3) is 4.12. The number of benzene rings is 2. The van der Waals surface area contributed by atoms with Crippen LogP contribution in [0.25, 0.3) is 0 Å². The second-order valence-electron chi connectivity index (χ2n) is 8.13. The Morgan fingerprint density at radius 3 is 2.27 bits per heavy atom. The van der Waals surface area contributed by atoms with Gasteiger partial charge in [0.1, 0.15) is 5.69 Å². The second kappa shape index (κ2) is 8.70. The first-order chi connectivity index (χ1) is 15.8. The van der Waals surface area contributed by atoms with Crippen molar-refractivity contribution in [2.24, 2.45) is 13.0 Å². The molecule has 9 heteroatoms. The smallest absolute Gasteiger partial charge is 0.271 e. The van der Waals surface area contributed by atoms with Crippen LogP contribution in [0.2, 0.25) is 0 Å². The van der Waals surface area contributed by atoms with Gasteiger partial charge in [0.15, 0.2) is 0 Å². The summed E-state index contributed by atoms with van der Waals surface area (Å²) in [5.74, 6) is -1.46. The number of carbonyl (C=O) groups is 4. The number of carbonyl (C=O) groups excluding carboxylic acids is 4. The summed E-state index contributed by atoms with van der Waals surface area (Å²) in [6, 6.07) is 12.8. The minimum absolute atomic E-state index is 0.223. The molecule has 0 saturated carbocycles. The molecule has 168 valence electrons. The summed E-state index contributed by atoms with van der Waals surface area (Å²) < 4.78 is 1.39. The van der Waals surface area contributed by atoms with Crippen LogP contribution >= 0.6 is 0 Å². The highest BCUT2D eigenvalue weighted by Crippen LogP contribution is 2.29. The van der Waals surface area contributed by atoms with E-state index in [1.165, 1.54) is 16.9 Å². The van der Waals surface area contributed by atoms with Crippen molar-refractivity contribution < 1.29 is 19.2 Å². The fourth-order valence-corrected chi connectivity index (χ4v) is 3.58. The number of aryl methyl sites for hydroxylation is 1. The molecule has 0 aliphatic carbocycles. The molecule has 2 heterocycles. The molecule has 0 fully saturated rings. The summed E-state index contributed by atoms with van der Waals surface area (Å²) in [5, 5.41) is 9.59. The Balaban J connectivity index is 1.56. The molecular formula is C24H23N5O4. The summed E-state index contributed by atoms with van der Waals surface area (Å²) >= 11 is 0. The highest BCUT2D eigenvalue weighted by Gasteiger charge is 2.36. The molecule has 4 rings (SSSR count). The highest BCUT2D eigenvalue weighted by atomic mass is 16.2. The van der Waals surface area contributed by atoms with Crippen LogP contribution in [0, 0.1) is 5.92 Å². The third-order valence-electron chi connectivity index (χ3n) is 5.23. The molecule has 2 N–H and O–H groups in total. The molecule has 0 unspecified atom stereocenters. The lowest BCUT2D eigenvalue weighted by molar-refractivity contribution is 0.0918. The summed E-state index contributed by atoms with van der Waals surface area (Å²) in [6.45, 7) is 4.45. The molecule has 0 bridgehead atoms. The first-order valence-electron chi connectivity index (χ1n) is 10.5. The number of fused-ring (bicyclic) bond motifs is 1. The normalized spacial score (nSPS) is 12.8. The first kappa shape index (κ1) is 21.9. The molecule has 0 radical (unpaired) electrons. The number of imide groups is 1. The van der Waals surface area contributed by atoms with Gasteiger partial charge in [-0.05, 0) is 36.2 Å². The van der Waals surface area contributed by atoms with Crippen LogP contribution in [0.3, 0.4) is 0 Å². The Labute approximate surface area is 190 Å². The van der Waals surface area contributed by atoms with Crippen LogP contribution in [-0.2, 0) is 7.05 Å². The summed E-state index contributed by atoms with van der Waals surface area (Å²) in [5.41, 5.74) is 1.64. The molecule has 1 aromatic heterocycles. The van der Waals surface area contributed by atoms with Crippen LogP contribution in [0.5, 0.6) is 0 Å². The van der Waals surface area contributed by atoms with Gasteiger partial charge >= 0.3 is 0 Å². The van der Waals surface area contributed by atoms with Gasteiger partial charge in [-0.25, -0.2) is 4.90 Å². The number of hydrogen-bond donors (Lipinski definition) is 2. The topological polar surface area (TPSA) is 113 Å². The predicted octanol–water partition coefficient (Wildman–Crippen LogP) is 2.86. The van der Waals surface area contributed by atoms with Gasteiger partial charge in [-0.15, -0.1) is 0 Å². The van der Waals surface area contributed by atoms with Gasteiger partial charge in [0.25, 0.3) is 23.6 Å². The zero-order valence-corrected chi connectivity index (χ0v) is 18.5. The van der Waals surface area contributed by atoms with Crippen LogP contribution in [-0.4, -0.2) is 40.0 Å². The van der Waals surface area contributed by atoms with E-state index in [-0.39, 0.29) is 34.5 Å². The van der Waals surface area contributed by atoms with Crippen molar-refractivity contribution in [3.8, 4) is 0 Å². The first-order valence-corrected chi connectivity index (χ1v) is 10.5. The molecule has 0 spiro atoms. The van der Waals surface area contributed by atoms with Crippen molar-refractivity contribution in [3.63, 3.8) is 0 Å². The van der Waals surface area contributed by atoms with E-state index in [1.54, 1.807) is 49.5 Å². The van der Waals surface area contributed by atoms with Gasteiger partial charge in [-0.2, -0.15) is 5.10 Å². The lowest BCUT2D eigenvalue weighted by atomic mass is 10.1. The lowest BCUT2D eigenvalue weighted by Crippen LogP contribution is -2.30. The zero-order chi connectivity index (χ0) is 23.7. The molecule has 4 amide bonds. The maximum atomic E-state index is 12.9. The minimum atomic E-state index is -0.501. The Bertz CT molecular complexity index is 1240. The summed E-state index contributed by atoms with van der Waals surface area (Å²) in [6.07, 6.45) is 1.40. The Hall–Kier alpha value is -4.27. The number of amides is 4. The third-order valence-corrected chi connectivity index (χ3v) is 5.23. The van der Waals surface area contributed by atoms with Gasteiger partial charge < -0.3 is 10.6 Å². The van der Waals surface area contributed by atoms with Gasteiger partial charge in [0.2, 0.25) is 0 Å². The Morgan fingerprint density at radius 2 is 1.64 bits per heavy atom. The Kier molecular flexibility index (Phi) is 5.78. The number of rotatable bonds is 6. The fourth-order valence-electron chi connectivity index (χ4n) is 3.58. The standard InChI is InChI=1S/C24H23N5O4/c1-14(2)12-25-22(31)20-19(13-26-28(20)3)27-21(30)15-7-6-8-16(11-15)29-23(32)17-9-4-5-10-18(17)24(29)33/h4-11,13-14H,12H2,1-3H3,(H,25,31)(H,27,30). The van der Waals surface area contributed by atoms with Crippen molar-refractivity contribution in [2.75, 3.05) is 16.8 Å². The minimum Gasteiger partial charge on any atom is -0.350 e. The van der Waals surface area contributed by atoms with E-state index in [0.29, 0.717) is 17.7 Å². The van der Waals surface area contributed by atoms with Crippen LogP contribution in [0.15, 0.2) is 54.7 Å². The quantitative estimate of drug-likeness (QED) is 0.567. The molecule has 1 aliphatic heterocycles. The van der Waals surface area contributed by atoms with E-state index in [1.807, 2.05) is 13.8 Å². The molecule has 2 aromatic carbocycles. The van der Waals surface area contributed by atoms with E-state index >= 15 is 0 Å². The second-order valence-corrected chi connectivity index (χ2v) is 8.13. The van der Waals surface area contributed by atoms with Crippen LogP contribution in [0.4, 0.5) is 11.4 Å². The van der Waals surface area contributed by atoms with E-state index in [4.69, 9.17) is 0 Å². The van der Waals surface area contributed by atoms with Crippen LogP contribution in [0.1, 0.15) is 55.4 Å². The molecule has 0 atom stereocenters. The molecule has 1 aliphatic rings. The van der Waals surface area contributed by atoms with Gasteiger partial charge in [-0.1, -0.05) is 32.0 Å². The average molecular weight is 445 g/mol. The van der Waals surface area contributed by atoms with Crippen molar-refractivity contribution in [1.29, 1.82) is 0 Å². The number of nitrogens with zero attached hydrogens (tertiary/aromatic N) is 3. The van der Waals surface area contributed by atoms with E-state index in [0.717, 1.165) is 4.90 Å². The maximum Gasteiger partial charge on any atom is 0.271 e. The summed E-state index contributed by atoms with van der Waals surface area (Å²) in [7, 11) is 1.61. The van der Waals surface area contributed by atoms with Crippen molar-refractivity contribution in [2.45, 2.75) is 13.8 Å². The van der Waals surface area contributed by atoms with E-state index < -0.39 is 17.7 Å². The number of aromatic nitrogens is 2. The fraction of sp³-hybridized carbons (Fsp3) is 0.208. The van der Waals surface area contributed by atoms with Gasteiger partial charge in [-0.3, -0.25) is 23.9 Å². The molecule has 3 aromatic rings. The summed E-state index contributed by atoms with van der Waals surface area (Å²) in [4.78, 5) is 52.1. The number of hydrogen-bond acceptors (Lipinski definition) is 5. The monoisotopic (exact) mass is 445 g/mol. The van der Waals surface area contributed by atoms with Crippen LogP contribution < -0.4 is 15.5 Å². The average Bonchev–Trinajstić information content (AvgIpc) is 3.29. The predicted molar refractivity (Wildman–Crippen MR) is 122 cm³/mol. The zero-order valence-electron chi connectivity index (χ0n) is 18.5. The molecule has 0 saturated heterocycles. The van der Waals surface area contributed by atoms with E-state index in [2.05, 4.69) is 15.7 Å². The SMILES string of the molecule is CC(C)CNC(=O)c1c(NC(=O)c2cccc(N3C(=O)c4ccccc4C3=O)c2)cnn1C. The Morgan fingerprint density at radius 1 is 0.970 bits per heavy atom. The molecule has 9 nitrogen and oxygen atoms in total. The van der Waals surface area contributed by atoms with Gasteiger partial charge in [0.05, 0.1) is 28.7 Å². The highest BCUT2D eigenvalue weighted by molar-refractivity contribution is 6.34. The lowest BCUT2D eigenvalue weighted by Gasteiger charge is -2.15. The maximum absolute atomic E-state index is 12.9. The molecular weight excluding hydrogens is 422 g/mol. The van der Waals surface area contributed by atoms with Crippen molar-refractivity contribution >= 4 is 35.0 Å². The van der Waals surface area contributed by atoms with Gasteiger partial charge in [0, 0.05) is 19.2 Å². The largest absolute Gasteiger partial charge is 0.350 e. The van der Waals surface area contributed by atoms with E-state index in [9.17, 15) is 19.2 Å².